The molecule has 1 rings (SSSR count). The van der Waals surface area contributed by atoms with Gasteiger partial charge in [-0.15, -0.1) is 0 Å². The number of halogens is 2. The minimum Gasteiger partial charge on any atom is -0.444 e. The maximum Gasteiger partial charge on any atom is 0.408 e. The summed E-state index contributed by atoms with van der Waals surface area (Å²) in [5.41, 5.74) is -1.00. The van der Waals surface area contributed by atoms with Gasteiger partial charge in [-0.25, -0.2) is 13.6 Å². The maximum absolute atomic E-state index is 13.3. The zero-order chi connectivity index (χ0) is 19.4. The van der Waals surface area contributed by atoms with E-state index in [-0.39, 0.29) is 6.42 Å². The van der Waals surface area contributed by atoms with E-state index >= 15 is 0 Å². The van der Waals surface area contributed by atoms with E-state index < -0.39 is 40.8 Å². The molecule has 0 aromatic heterocycles. The van der Waals surface area contributed by atoms with E-state index in [0.29, 0.717) is 5.56 Å². The predicted octanol–water partition coefficient (Wildman–Crippen LogP) is 3.32. The van der Waals surface area contributed by atoms with Gasteiger partial charge < -0.3 is 15.4 Å². The Labute approximate surface area is 147 Å². The Morgan fingerprint density at radius 3 is 2.08 bits per heavy atom. The molecule has 2 amide bonds. The molecule has 0 aliphatic carbocycles. The van der Waals surface area contributed by atoms with Crippen LogP contribution in [0.5, 0.6) is 0 Å². The third-order valence-electron chi connectivity index (χ3n) is 3.16. The summed E-state index contributed by atoms with van der Waals surface area (Å²) < 4.78 is 31.7. The van der Waals surface area contributed by atoms with Crippen LogP contribution in [0.15, 0.2) is 18.2 Å². The molecular formula is C18H26F2N2O3. The Morgan fingerprint density at radius 1 is 1.08 bits per heavy atom. The van der Waals surface area contributed by atoms with Gasteiger partial charge >= 0.3 is 6.09 Å². The van der Waals surface area contributed by atoms with Gasteiger partial charge in [-0.2, -0.15) is 0 Å². The summed E-state index contributed by atoms with van der Waals surface area (Å²) in [6.45, 7) is 10.1. The van der Waals surface area contributed by atoms with Crippen molar-refractivity contribution in [3.63, 3.8) is 0 Å². The molecule has 0 heterocycles. The topological polar surface area (TPSA) is 67.4 Å². The fourth-order valence-corrected chi connectivity index (χ4v) is 2.26. The smallest absolute Gasteiger partial charge is 0.408 e. The van der Waals surface area contributed by atoms with Crippen LogP contribution in [0.4, 0.5) is 13.6 Å². The van der Waals surface area contributed by atoms with Crippen molar-refractivity contribution in [3.05, 3.63) is 35.4 Å². The number of ether oxygens (including phenoxy) is 1. The fourth-order valence-electron chi connectivity index (χ4n) is 2.26. The van der Waals surface area contributed by atoms with E-state index in [1.165, 1.54) is 19.1 Å². The number of hydrogen-bond donors (Lipinski definition) is 2. The second-order valence-electron chi connectivity index (χ2n) is 7.70. The van der Waals surface area contributed by atoms with Gasteiger partial charge in [0.05, 0.1) is 0 Å². The van der Waals surface area contributed by atoms with E-state index in [2.05, 4.69) is 10.6 Å². The number of rotatable bonds is 5. The molecule has 0 unspecified atom stereocenters. The van der Waals surface area contributed by atoms with E-state index in [9.17, 15) is 18.4 Å². The van der Waals surface area contributed by atoms with Gasteiger partial charge in [-0.3, -0.25) is 4.79 Å². The fraction of sp³-hybridized carbons (Fsp3) is 0.556. The van der Waals surface area contributed by atoms with Crippen molar-refractivity contribution < 1.29 is 23.1 Å². The molecule has 1 aromatic carbocycles. The van der Waals surface area contributed by atoms with E-state index in [1.807, 2.05) is 0 Å². The Kier molecular flexibility index (Phi) is 6.51. The van der Waals surface area contributed by atoms with Crippen molar-refractivity contribution in [2.24, 2.45) is 0 Å². The molecule has 1 aromatic rings. The van der Waals surface area contributed by atoms with Crippen molar-refractivity contribution in [1.82, 2.24) is 10.6 Å². The molecule has 7 heteroatoms. The lowest BCUT2D eigenvalue weighted by Crippen LogP contribution is -2.53. The zero-order valence-electron chi connectivity index (χ0n) is 15.5. The monoisotopic (exact) mass is 356 g/mol. The first-order valence-corrected chi connectivity index (χ1v) is 8.04. The van der Waals surface area contributed by atoms with Crippen LogP contribution in [0.3, 0.4) is 0 Å². The molecular weight excluding hydrogens is 330 g/mol. The number of alkyl carbamates (subject to hydrolysis) is 1. The Morgan fingerprint density at radius 2 is 1.60 bits per heavy atom. The first-order valence-electron chi connectivity index (χ1n) is 8.04. The summed E-state index contributed by atoms with van der Waals surface area (Å²) in [4.78, 5) is 24.0. The highest BCUT2D eigenvalue weighted by Crippen LogP contribution is 2.16. The highest BCUT2D eigenvalue weighted by Gasteiger charge is 2.26. The molecule has 1 atom stereocenters. The predicted molar refractivity (Wildman–Crippen MR) is 91.1 cm³/mol. The largest absolute Gasteiger partial charge is 0.444 e. The summed E-state index contributed by atoms with van der Waals surface area (Å²) in [5, 5.41) is 5.21. The van der Waals surface area contributed by atoms with Crippen molar-refractivity contribution >= 4 is 12.0 Å². The third kappa shape index (κ3) is 7.96. The number of nitrogens with one attached hydrogen (secondary N) is 2. The molecule has 25 heavy (non-hydrogen) atoms. The molecule has 0 saturated carbocycles. The second-order valence-corrected chi connectivity index (χ2v) is 7.70. The molecule has 5 nitrogen and oxygen atoms in total. The van der Waals surface area contributed by atoms with Crippen molar-refractivity contribution in [2.45, 2.75) is 65.1 Å². The minimum atomic E-state index is -0.821. The molecule has 0 fully saturated rings. The average molecular weight is 356 g/mol. The first-order chi connectivity index (χ1) is 11.3. The lowest BCUT2D eigenvalue weighted by atomic mass is 9.94. The number of carbonyl (C=O) groups is 2. The average Bonchev–Trinajstić information content (AvgIpc) is 2.32. The van der Waals surface area contributed by atoms with Crippen LogP contribution in [-0.4, -0.2) is 29.2 Å². The van der Waals surface area contributed by atoms with Crippen LogP contribution in [0, 0.1) is 11.6 Å². The Bertz CT molecular complexity index is 619. The normalized spacial score (nSPS) is 13.1. The van der Waals surface area contributed by atoms with E-state index in [4.69, 9.17) is 4.74 Å². The van der Waals surface area contributed by atoms with E-state index in [0.717, 1.165) is 6.07 Å². The lowest BCUT2D eigenvalue weighted by Gasteiger charge is -2.29. The van der Waals surface area contributed by atoms with Gasteiger partial charge in [-0.05, 0) is 65.7 Å². The van der Waals surface area contributed by atoms with Crippen LogP contribution in [0.2, 0.25) is 0 Å². The van der Waals surface area contributed by atoms with Crippen molar-refractivity contribution in [2.75, 3.05) is 0 Å². The number of amides is 2. The Balaban J connectivity index is 2.65. The first kappa shape index (κ1) is 20.9. The summed E-state index contributed by atoms with van der Waals surface area (Å²) in [7, 11) is 0. The molecule has 0 aliphatic rings. The zero-order valence-corrected chi connectivity index (χ0v) is 15.5. The van der Waals surface area contributed by atoms with Crippen molar-refractivity contribution in [3.8, 4) is 0 Å². The van der Waals surface area contributed by atoms with Crippen LogP contribution >= 0.6 is 0 Å². The van der Waals surface area contributed by atoms with Gasteiger partial charge in [0.2, 0.25) is 5.91 Å². The van der Waals surface area contributed by atoms with Crippen LogP contribution < -0.4 is 10.6 Å². The number of hydrogen-bond acceptors (Lipinski definition) is 3. The maximum atomic E-state index is 13.3. The van der Waals surface area contributed by atoms with Gasteiger partial charge in [-0.1, -0.05) is 0 Å². The molecule has 0 aliphatic heterocycles. The molecule has 0 saturated heterocycles. The molecule has 0 radical (unpaired) electrons. The Hall–Kier alpha value is -2.18. The number of benzene rings is 1. The minimum absolute atomic E-state index is 0.229. The third-order valence-corrected chi connectivity index (χ3v) is 3.16. The van der Waals surface area contributed by atoms with E-state index in [1.54, 1.807) is 34.6 Å². The lowest BCUT2D eigenvalue weighted by molar-refractivity contribution is -0.124. The summed E-state index contributed by atoms with van der Waals surface area (Å²) in [6.07, 6.45) is -0.466. The quantitative estimate of drug-likeness (QED) is 0.850. The van der Waals surface area contributed by atoms with Gasteiger partial charge in [0.15, 0.2) is 0 Å². The highest BCUT2D eigenvalue weighted by molar-refractivity contribution is 5.85. The summed E-state index contributed by atoms with van der Waals surface area (Å²) in [5.74, 6) is -1.76. The van der Waals surface area contributed by atoms with Gasteiger partial charge in [0.1, 0.15) is 23.3 Å². The second kappa shape index (κ2) is 7.80. The summed E-state index contributed by atoms with van der Waals surface area (Å²) >= 11 is 0. The van der Waals surface area contributed by atoms with Gasteiger partial charge in [0.25, 0.3) is 0 Å². The van der Waals surface area contributed by atoms with Crippen LogP contribution in [-0.2, 0) is 16.0 Å². The number of carbonyl (C=O) groups excluding carboxylic acids is 2. The van der Waals surface area contributed by atoms with Crippen molar-refractivity contribution in [1.29, 1.82) is 0 Å². The van der Waals surface area contributed by atoms with Crippen LogP contribution in [0.1, 0.15) is 47.1 Å². The molecule has 0 spiro atoms. The molecule has 2 N–H and O–H groups in total. The molecule has 0 bridgehead atoms. The highest BCUT2D eigenvalue weighted by atomic mass is 19.1. The SMILES string of the molecule is C[C@@H](NC(=O)OC(C)(C)C)C(=O)NC(C)(C)Cc1cc(F)cc(F)c1. The van der Waals surface area contributed by atoms with Gasteiger partial charge in [0, 0.05) is 11.6 Å². The summed E-state index contributed by atoms with van der Waals surface area (Å²) in [6, 6.07) is 2.42. The standard InChI is InChI=1S/C18H26F2N2O3/c1-11(21-16(24)25-17(2,3)4)15(23)22-18(5,6)10-12-7-13(19)9-14(20)8-12/h7-9,11H,10H2,1-6H3,(H,21,24)(H,22,23)/t11-/m1/s1. The molecule has 140 valence electrons. The van der Waals surface area contributed by atoms with Crippen LogP contribution in [0.25, 0.3) is 0 Å².